The van der Waals surface area contributed by atoms with Crippen molar-refractivity contribution in [1.29, 1.82) is 0 Å². The molecule has 7 heteroatoms. The normalized spacial score (nSPS) is 15.2. The van der Waals surface area contributed by atoms with Gasteiger partial charge in [-0.2, -0.15) is 0 Å². The number of thioether (sulfide) groups is 1. The average Bonchev–Trinajstić information content (AvgIpc) is 3.37. The van der Waals surface area contributed by atoms with E-state index in [4.69, 9.17) is 0 Å². The number of rotatable bonds is 8. The number of nitrogens with zero attached hydrogens (tertiary/aromatic N) is 3. The Morgan fingerprint density at radius 3 is 2.92 bits per heavy atom. The molecule has 5 nitrogen and oxygen atoms in total. The van der Waals surface area contributed by atoms with Gasteiger partial charge in [0, 0.05) is 30.0 Å². The highest BCUT2D eigenvalue weighted by atomic mass is 32.2. The summed E-state index contributed by atoms with van der Waals surface area (Å²) in [5.41, 5.74) is 1.20. The van der Waals surface area contributed by atoms with E-state index >= 15 is 0 Å². The Hall–Kier alpha value is -1.60. The van der Waals surface area contributed by atoms with Gasteiger partial charge in [0.05, 0.1) is 0 Å². The maximum atomic E-state index is 12.0. The van der Waals surface area contributed by atoms with Crippen LogP contribution in [0.3, 0.4) is 0 Å². The van der Waals surface area contributed by atoms with Crippen LogP contribution in [0.2, 0.25) is 0 Å². The standard InChI is InChI=1S/C19H26N4OS2/c1-14-11-13-26-16(14)9-10-18(24)20-12-5-8-17-21-22-19(25-2)23(17)15-6-3-4-7-15/h9-11,13,15H,3-8,12H2,1-2H3,(H,20,24)/b10-9+. The highest BCUT2D eigenvalue weighted by Crippen LogP contribution is 2.33. The van der Waals surface area contributed by atoms with Gasteiger partial charge in [-0.25, -0.2) is 0 Å². The smallest absolute Gasteiger partial charge is 0.244 e. The first kappa shape index (κ1) is 19.2. The second-order valence-corrected chi connectivity index (χ2v) is 8.33. The summed E-state index contributed by atoms with van der Waals surface area (Å²) in [6.07, 6.45) is 12.3. The molecule has 140 valence electrons. The van der Waals surface area contributed by atoms with Crippen LogP contribution < -0.4 is 5.32 Å². The topological polar surface area (TPSA) is 59.8 Å². The number of carbonyl (C=O) groups is 1. The molecule has 1 N–H and O–H groups in total. The van der Waals surface area contributed by atoms with Crippen molar-refractivity contribution < 1.29 is 4.79 Å². The van der Waals surface area contributed by atoms with Gasteiger partial charge in [-0.3, -0.25) is 4.79 Å². The minimum absolute atomic E-state index is 0.0418. The first-order valence-corrected chi connectivity index (χ1v) is 11.3. The Bertz CT molecular complexity index is 759. The zero-order valence-corrected chi connectivity index (χ0v) is 17.0. The van der Waals surface area contributed by atoms with Crippen LogP contribution in [0.25, 0.3) is 6.08 Å². The van der Waals surface area contributed by atoms with Crippen molar-refractivity contribution in [3.05, 3.63) is 33.8 Å². The number of carbonyl (C=O) groups excluding carboxylic acids is 1. The zero-order chi connectivity index (χ0) is 18.4. The lowest BCUT2D eigenvalue weighted by atomic mass is 10.2. The molecule has 26 heavy (non-hydrogen) atoms. The Labute approximate surface area is 163 Å². The molecule has 0 radical (unpaired) electrons. The molecular weight excluding hydrogens is 364 g/mol. The predicted octanol–water partition coefficient (Wildman–Crippen LogP) is 4.25. The lowest BCUT2D eigenvalue weighted by Gasteiger charge is -2.16. The number of amides is 1. The molecule has 0 bridgehead atoms. The summed E-state index contributed by atoms with van der Waals surface area (Å²) < 4.78 is 2.33. The molecule has 1 amide bonds. The molecule has 2 aromatic heterocycles. The molecule has 1 aliphatic rings. The largest absolute Gasteiger partial charge is 0.353 e. The summed E-state index contributed by atoms with van der Waals surface area (Å²) in [5, 5.41) is 14.8. The van der Waals surface area contributed by atoms with Gasteiger partial charge >= 0.3 is 0 Å². The van der Waals surface area contributed by atoms with Crippen LogP contribution in [0.1, 0.15) is 54.4 Å². The number of aromatic nitrogens is 3. The molecule has 3 rings (SSSR count). The number of hydrogen-bond acceptors (Lipinski definition) is 5. The molecule has 2 heterocycles. The summed E-state index contributed by atoms with van der Waals surface area (Å²) >= 11 is 3.31. The number of nitrogens with one attached hydrogen (secondary N) is 1. The third kappa shape index (κ3) is 4.76. The van der Waals surface area contributed by atoms with Crippen LogP contribution >= 0.6 is 23.1 Å². The van der Waals surface area contributed by atoms with Crippen molar-refractivity contribution in [2.45, 2.75) is 56.6 Å². The summed E-state index contributed by atoms with van der Waals surface area (Å²) in [7, 11) is 0. The molecule has 0 unspecified atom stereocenters. The van der Waals surface area contributed by atoms with Crippen LogP contribution in [0.4, 0.5) is 0 Å². The van der Waals surface area contributed by atoms with E-state index in [1.807, 2.05) is 11.5 Å². The van der Waals surface area contributed by atoms with Crippen LogP contribution in [0.5, 0.6) is 0 Å². The molecule has 0 aliphatic heterocycles. The van der Waals surface area contributed by atoms with Crippen LogP contribution in [0.15, 0.2) is 22.7 Å². The lowest BCUT2D eigenvalue weighted by Crippen LogP contribution is -2.23. The fourth-order valence-corrected chi connectivity index (χ4v) is 4.76. The van der Waals surface area contributed by atoms with Crippen LogP contribution in [0, 0.1) is 6.92 Å². The molecule has 1 saturated carbocycles. The van der Waals surface area contributed by atoms with Crippen LogP contribution in [-0.4, -0.2) is 33.5 Å². The summed E-state index contributed by atoms with van der Waals surface area (Å²) in [6.45, 7) is 2.70. The number of hydrogen-bond donors (Lipinski definition) is 1. The second kappa shape index (κ2) is 9.37. The number of thiophene rings is 1. The van der Waals surface area contributed by atoms with E-state index in [0.29, 0.717) is 12.6 Å². The maximum absolute atomic E-state index is 12.0. The molecule has 1 fully saturated rings. The van der Waals surface area contributed by atoms with E-state index in [0.717, 1.165) is 28.7 Å². The van der Waals surface area contributed by atoms with Crippen molar-refractivity contribution in [2.75, 3.05) is 12.8 Å². The Kier molecular flexibility index (Phi) is 6.91. The summed E-state index contributed by atoms with van der Waals surface area (Å²) in [5.74, 6) is 1.01. The Morgan fingerprint density at radius 1 is 1.42 bits per heavy atom. The van der Waals surface area contributed by atoms with Gasteiger partial charge < -0.3 is 9.88 Å². The van der Waals surface area contributed by atoms with Crippen molar-refractivity contribution in [2.24, 2.45) is 0 Å². The van der Waals surface area contributed by atoms with Gasteiger partial charge in [0.15, 0.2) is 5.16 Å². The first-order valence-electron chi connectivity index (χ1n) is 9.17. The van der Waals surface area contributed by atoms with Gasteiger partial charge in [0.2, 0.25) is 5.91 Å². The van der Waals surface area contributed by atoms with E-state index in [1.54, 1.807) is 29.2 Å². The maximum Gasteiger partial charge on any atom is 0.244 e. The van der Waals surface area contributed by atoms with Gasteiger partial charge in [-0.05, 0) is 55.5 Å². The number of aryl methyl sites for hydroxylation is 2. The molecule has 2 aromatic rings. The van der Waals surface area contributed by atoms with Crippen molar-refractivity contribution >= 4 is 35.1 Å². The van der Waals surface area contributed by atoms with Gasteiger partial charge in [0.1, 0.15) is 5.82 Å². The van der Waals surface area contributed by atoms with Crippen molar-refractivity contribution in [1.82, 2.24) is 20.1 Å². The molecule has 0 atom stereocenters. The fraction of sp³-hybridized carbons (Fsp3) is 0.526. The van der Waals surface area contributed by atoms with E-state index in [2.05, 4.69) is 39.3 Å². The minimum Gasteiger partial charge on any atom is -0.353 e. The van der Waals surface area contributed by atoms with Gasteiger partial charge in [-0.15, -0.1) is 21.5 Å². The third-order valence-corrected chi connectivity index (χ3v) is 6.40. The monoisotopic (exact) mass is 390 g/mol. The van der Waals surface area contributed by atoms with E-state index < -0.39 is 0 Å². The molecule has 0 aromatic carbocycles. The van der Waals surface area contributed by atoms with Crippen LogP contribution in [-0.2, 0) is 11.2 Å². The fourth-order valence-electron chi connectivity index (χ4n) is 3.37. The highest BCUT2D eigenvalue weighted by molar-refractivity contribution is 7.98. The molecule has 0 spiro atoms. The van der Waals surface area contributed by atoms with E-state index in [9.17, 15) is 4.79 Å². The molecule has 0 saturated heterocycles. The summed E-state index contributed by atoms with van der Waals surface area (Å²) in [6, 6.07) is 2.61. The quantitative estimate of drug-likeness (QED) is 0.416. The average molecular weight is 391 g/mol. The summed E-state index contributed by atoms with van der Waals surface area (Å²) in [4.78, 5) is 13.1. The van der Waals surface area contributed by atoms with Crippen molar-refractivity contribution in [3.63, 3.8) is 0 Å². The highest BCUT2D eigenvalue weighted by Gasteiger charge is 2.23. The minimum atomic E-state index is -0.0418. The Morgan fingerprint density at radius 2 is 2.23 bits per heavy atom. The van der Waals surface area contributed by atoms with Gasteiger partial charge in [-0.1, -0.05) is 24.6 Å². The second-order valence-electron chi connectivity index (χ2n) is 6.61. The van der Waals surface area contributed by atoms with Gasteiger partial charge in [0.25, 0.3) is 0 Å². The Balaban J connectivity index is 1.48. The SMILES string of the molecule is CSc1nnc(CCCNC(=O)/C=C/c2sccc2C)n1C1CCCC1. The van der Waals surface area contributed by atoms with E-state index in [1.165, 1.54) is 31.2 Å². The first-order chi connectivity index (χ1) is 12.7. The zero-order valence-electron chi connectivity index (χ0n) is 15.4. The van der Waals surface area contributed by atoms with E-state index in [-0.39, 0.29) is 5.91 Å². The predicted molar refractivity (Wildman–Crippen MR) is 109 cm³/mol. The lowest BCUT2D eigenvalue weighted by molar-refractivity contribution is -0.116. The third-order valence-electron chi connectivity index (χ3n) is 4.77. The molecular formula is C19H26N4OS2. The van der Waals surface area contributed by atoms with Crippen molar-refractivity contribution in [3.8, 4) is 0 Å². The molecule has 1 aliphatic carbocycles.